The van der Waals surface area contributed by atoms with E-state index in [1.54, 1.807) is 11.8 Å². The average molecular weight is 206 g/mol. The van der Waals surface area contributed by atoms with E-state index in [1.165, 1.54) is 15.4 Å². The van der Waals surface area contributed by atoms with Crippen LogP contribution in [0.15, 0.2) is 40.6 Å². The maximum Gasteiger partial charge on any atom is 0.0148 e. The van der Waals surface area contributed by atoms with E-state index in [4.69, 9.17) is 0 Å². The van der Waals surface area contributed by atoms with Crippen LogP contribution >= 0.6 is 11.8 Å². The van der Waals surface area contributed by atoms with Gasteiger partial charge in [-0.3, -0.25) is 0 Å². The molecule has 0 aliphatic heterocycles. The second-order valence-corrected chi connectivity index (χ2v) is 5.23. The van der Waals surface area contributed by atoms with Gasteiger partial charge in [-0.05, 0) is 35.8 Å². The summed E-state index contributed by atoms with van der Waals surface area (Å²) in [7, 11) is 0. The molecule has 14 heavy (non-hydrogen) atoms. The van der Waals surface area contributed by atoms with Gasteiger partial charge in [0.2, 0.25) is 0 Å². The van der Waals surface area contributed by atoms with Crippen LogP contribution in [0.5, 0.6) is 0 Å². The molecule has 0 spiro atoms. The summed E-state index contributed by atoms with van der Waals surface area (Å²) < 4.78 is 0. The molecule has 0 aliphatic carbocycles. The number of allylic oxidation sites excluding steroid dienone is 1. The first-order valence-electron chi connectivity index (χ1n) is 5.01. The van der Waals surface area contributed by atoms with Gasteiger partial charge in [0.25, 0.3) is 0 Å². The van der Waals surface area contributed by atoms with Crippen molar-refractivity contribution in [3.8, 4) is 0 Å². The molecule has 0 bridgehead atoms. The number of hydrogen-bond donors (Lipinski definition) is 0. The first kappa shape index (κ1) is 11.4. The normalized spacial score (nSPS) is 10.6. The van der Waals surface area contributed by atoms with Gasteiger partial charge in [0.1, 0.15) is 0 Å². The molecule has 0 nitrogen and oxygen atoms in total. The summed E-state index contributed by atoms with van der Waals surface area (Å²) in [5.74, 6) is 0.694. The SMILES string of the molecule is C=C(CC(C)C)Sc1ccccc1C. The van der Waals surface area contributed by atoms with Crippen molar-refractivity contribution < 1.29 is 0 Å². The van der Waals surface area contributed by atoms with E-state index >= 15 is 0 Å². The molecule has 1 rings (SSSR count). The van der Waals surface area contributed by atoms with E-state index in [0.717, 1.165) is 6.42 Å². The van der Waals surface area contributed by atoms with Gasteiger partial charge in [0.15, 0.2) is 0 Å². The highest BCUT2D eigenvalue weighted by Crippen LogP contribution is 2.31. The van der Waals surface area contributed by atoms with E-state index in [0.29, 0.717) is 5.92 Å². The van der Waals surface area contributed by atoms with Crippen LogP contribution < -0.4 is 0 Å². The Kier molecular flexibility index (Phi) is 4.27. The summed E-state index contributed by atoms with van der Waals surface area (Å²) in [6.45, 7) is 10.7. The number of aryl methyl sites for hydroxylation is 1. The standard InChI is InChI=1S/C13H18S/c1-10(2)9-12(4)14-13-8-6-5-7-11(13)3/h5-8,10H,4,9H2,1-3H3. The lowest BCUT2D eigenvalue weighted by Crippen LogP contribution is -1.87. The van der Waals surface area contributed by atoms with Crippen LogP contribution in [0.2, 0.25) is 0 Å². The Labute approximate surface area is 91.4 Å². The van der Waals surface area contributed by atoms with Crippen LogP contribution in [0.25, 0.3) is 0 Å². The summed E-state index contributed by atoms with van der Waals surface area (Å²) in [5.41, 5.74) is 1.34. The van der Waals surface area contributed by atoms with Gasteiger partial charge >= 0.3 is 0 Å². The van der Waals surface area contributed by atoms with Crippen molar-refractivity contribution in [2.45, 2.75) is 32.1 Å². The lowest BCUT2D eigenvalue weighted by molar-refractivity contribution is 0.659. The maximum absolute atomic E-state index is 4.09. The molecule has 0 aromatic heterocycles. The van der Waals surface area contributed by atoms with E-state index < -0.39 is 0 Å². The van der Waals surface area contributed by atoms with E-state index in [2.05, 4.69) is 51.6 Å². The lowest BCUT2D eigenvalue weighted by Gasteiger charge is -2.09. The minimum atomic E-state index is 0.694. The maximum atomic E-state index is 4.09. The van der Waals surface area contributed by atoms with Gasteiger partial charge in [-0.25, -0.2) is 0 Å². The van der Waals surface area contributed by atoms with E-state index in [-0.39, 0.29) is 0 Å². The van der Waals surface area contributed by atoms with Gasteiger partial charge in [0, 0.05) is 4.90 Å². The van der Waals surface area contributed by atoms with Gasteiger partial charge < -0.3 is 0 Å². The van der Waals surface area contributed by atoms with Crippen molar-refractivity contribution in [2.75, 3.05) is 0 Å². The number of rotatable bonds is 4. The third-order valence-corrected chi connectivity index (χ3v) is 3.12. The molecule has 0 aliphatic rings. The third kappa shape index (κ3) is 3.59. The molecule has 0 saturated carbocycles. The largest absolute Gasteiger partial charge is 0.0949 e. The first-order chi connectivity index (χ1) is 6.59. The second-order valence-electron chi connectivity index (χ2n) is 4.00. The molecule has 0 atom stereocenters. The van der Waals surface area contributed by atoms with Crippen molar-refractivity contribution >= 4 is 11.8 Å². The predicted molar refractivity (Wildman–Crippen MR) is 65.6 cm³/mol. The molecular formula is C13H18S. The molecule has 0 unspecified atom stereocenters. The zero-order valence-corrected chi connectivity index (χ0v) is 10.0. The Balaban J connectivity index is 2.61. The van der Waals surface area contributed by atoms with Crippen LogP contribution in [-0.4, -0.2) is 0 Å². The van der Waals surface area contributed by atoms with E-state index in [1.807, 2.05) is 0 Å². The quantitative estimate of drug-likeness (QED) is 0.646. The summed E-state index contributed by atoms with van der Waals surface area (Å²) in [5, 5.41) is 0. The Bertz CT molecular complexity index is 313. The highest BCUT2D eigenvalue weighted by atomic mass is 32.2. The fourth-order valence-corrected chi connectivity index (χ4v) is 2.43. The Morgan fingerprint density at radius 3 is 2.57 bits per heavy atom. The van der Waals surface area contributed by atoms with E-state index in [9.17, 15) is 0 Å². The Hall–Kier alpha value is -0.690. The molecular weight excluding hydrogens is 188 g/mol. The van der Waals surface area contributed by atoms with Crippen molar-refractivity contribution in [3.63, 3.8) is 0 Å². The molecule has 0 saturated heterocycles. The van der Waals surface area contributed by atoms with Crippen molar-refractivity contribution in [1.82, 2.24) is 0 Å². The minimum Gasteiger partial charge on any atom is -0.0949 e. The van der Waals surface area contributed by atoms with Crippen LogP contribution in [-0.2, 0) is 0 Å². The highest BCUT2D eigenvalue weighted by Gasteiger charge is 2.03. The lowest BCUT2D eigenvalue weighted by atomic mass is 10.1. The molecule has 0 amide bonds. The van der Waals surface area contributed by atoms with Gasteiger partial charge in [0.05, 0.1) is 0 Å². The number of benzene rings is 1. The number of thioether (sulfide) groups is 1. The Morgan fingerprint density at radius 2 is 2.00 bits per heavy atom. The predicted octanol–water partition coefficient (Wildman–Crippen LogP) is 4.65. The monoisotopic (exact) mass is 206 g/mol. The molecule has 0 radical (unpaired) electrons. The fourth-order valence-electron chi connectivity index (χ4n) is 1.32. The Morgan fingerprint density at radius 1 is 1.36 bits per heavy atom. The first-order valence-corrected chi connectivity index (χ1v) is 5.82. The molecule has 1 aromatic rings. The van der Waals surface area contributed by atoms with Crippen LogP contribution in [0, 0.1) is 12.8 Å². The van der Waals surface area contributed by atoms with Crippen LogP contribution in [0.1, 0.15) is 25.8 Å². The smallest absolute Gasteiger partial charge is 0.0148 e. The fraction of sp³-hybridized carbons (Fsp3) is 0.385. The van der Waals surface area contributed by atoms with Crippen molar-refractivity contribution in [1.29, 1.82) is 0 Å². The molecule has 0 heterocycles. The van der Waals surface area contributed by atoms with Crippen LogP contribution in [0.4, 0.5) is 0 Å². The molecule has 76 valence electrons. The van der Waals surface area contributed by atoms with Crippen molar-refractivity contribution in [2.24, 2.45) is 5.92 Å². The zero-order chi connectivity index (χ0) is 10.6. The average Bonchev–Trinajstić information content (AvgIpc) is 2.07. The number of hydrogen-bond acceptors (Lipinski definition) is 1. The van der Waals surface area contributed by atoms with Crippen molar-refractivity contribution in [3.05, 3.63) is 41.3 Å². The van der Waals surface area contributed by atoms with Gasteiger partial charge in [-0.15, -0.1) is 0 Å². The molecule has 0 N–H and O–H groups in total. The summed E-state index contributed by atoms with van der Waals surface area (Å²) >= 11 is 1.80. The van der Waals surface area contributed by atoms with Gasteiger partial charge in [-0.2, -0.15) is 0 Å². The molecule has 0 fully saturated rings. The second kappa shape index (κ2) is 5.26. The summed E-state index contributed by atoms with van der Waals surface area (Å²) in [6.07, 6.45) is 1.10. The molecule has 1 aromatic carbocycles. The highest BCUT2D eigenvalue weighted by molar-refractivity contribution is 8.03. The molecule has 1 heteroatoms. The van der Waals surface area contributed by atoms with Crippen LogP contribution in [0.3, 0.4) is 0 Å². The zero-order valence-electron chi connectivity index (χ0n) is 9.21. The summed E-state index contributed by atoms with van der Waals surface area (Å²) in [4.78, 5) is 2.59. The minimum absolute atomic E-state index is 0.694. The topological polar surface area (TPSA) is 0 Å². The van der Waals surface area contributed by atoms with Gasteiger partial charge in [-0.1, -0.05) is 50.4 Å². The summed E-state index contributed by atoms with van der Waals surface area (Å²) in [6, 6.07) is 8.46. The third-order valence-electron chi connectivity index (χ3n) is 1.98.